The number of benzene rings is 3. The van der Waals surface area contributed by atoms with Crippen molar-refractivity contribution in [2.75, 3.05) is 37.6 Å². The summed E-state index contributed by atoms with van der Waals surface area (Å²) in [4.78, 5) is 26.9. The SMILES string of the molecule is CC(CCc1ccccc1)NC(=O)c1cccc(CSc2nc(Cl)cc(N3CCN(CC=Cc4ccccc4)CC3)n2)c1. The summed E-state index contributed by atoms with van der Waals surface area (Å²) >= 11 is 7.95. The molecule has 1 unspecified atom stereocenters. The molecule has 0 bridgehead atoms. The molecule has 0 saturated carbocycles. The van der Waals surface area contributed by atoms with Crippen LogP contribution in [-0.2, 0) is 12.2 Å². The molecule has 3 aromatic carbocycles. The van der Waals surface area contributed by atoms with Gasteiger partial charge in [0, 0.05) is 56.1 Å². The minimum atomic E-state index is -0.0524. The van der Waals surface area contributed by atoms with E-state index in [0.717, 1.165) is 56.9 Å². The van der Waals surface area contributed by atoms with E-state index in [1.807, 2.05) is 54.6 Å². The molecular weight excluding hydrogens is 574 g/mol. The summed E-state index contributed by atoms with van der Waals surface area (Å²) in [7, 11) is 0. The summed E-state index contributed by atoms with van der Waals surface area (Å²) in [5.74, 6) is 1.45. The van der Waals surface area contributed by atoms with Crippen molar-refractivity contribution in [2.45, 2.75) is 36.7 Å². The fourth-order valence-electron chi connectivity index (χ4n) is 5.03. The summed E-state index contributed by atoms with van der Waals surface area (Å²) in [6, 6.07) is 30.4. The maximum Gasteiger partial charge on any atom is 0.251 e. The second kappa shape index (κ2) is 15.7. The van der Waals surface area contributed by atoms with E-state index < -0.39 is 0 Å². The number of amides is 1. The summed E-state index contributed by atoms with van der Waals surface area (Å²) in [6.45, 7) is 6.68. The van der Waals surface area contributed by atoms with E-state index in [1.54, 1.807) is 0 Å². The quantitative estimate of drug-likeness (QED) is 0.106. The monoisotopic (exact) mass is 611 g/mol. The topological polar surface area (TPSA) is 61.4 Å². The van der Waals surface area contributed by atoms with E-state index >= 15 is 0 Å². The minimum absolute atomic E-state index is 0.0524. The fraction of sp³-hybridized carbons (Fsp3) is 0.286. The molecule has 1 aromatic heterocycles. The predicted molar refractivity (Wildman–Crippen MR) is 179 cm³/mol. The highest BCUT2D eigenvalue weighted by molar-refractivity contribution is 7.98. The van der Waals surface area contributed by atoms with Gasteiger partial charge < -0.3 is 10.2 Å². The minimum Gasteiger partial charge on any atom is -0.354 e. The third-order valence-corrected chi connectivity index (χ3v) is 8.59. The Morgan fingerprint density at radius 1 is 0.930 bits per heavy atom. The third kappa shape index (κ3) is 9.68. The Labute approximate surface area is 264 Å². The average Bonchev–Trinajstić information content (AvgIpc) is 3.04. The van der Waals surface area contributed by atoms with Crippen LogP contribution in [0.4, 0.5) is 5.82 Å². The van der Waals surface area contributed by atoms with E-state index in [0.29, 0.717) is 21.6 Å². The van der Waals surface area contributed by atoms with Crippen LogP contribution in [0.3, 0.4) is 0 Å². The molecule has 1 saturated heterocycles. The Balaban J connectivity index is 1.10. The highest BCUT2D eigenvalue weighted by atomic mass is 35.5. The van der Waals surface area contributed by atoms with E-state index in [2.05, 4.69) is 75.6 Å². The first-order valence-corrected chi connectivity index (χ1v) is 16.2. The number of hydrogen-bond donors (Lipinski definition) is 1. The highest BCUT2D eigenvalue weighted by Crippen LogP contribution is 2.25. The van der Waals surface area contributed by atoms with Crippen molar-refractivity contribution in [1.29, 1.82) is 0 Å². The van der Waals surface area contributed by atoms with Crippen molar-refractivity contribution in [3.05, 3.63) is 124 Å². The van der Waals surface area contributed by atoms with E-state index in [1.165, 1.54) is 22.9 Å². The number of carbonyl (C=O) groups excluding carboxylic acids is 1. The number of carbonyl (C=O) groups is 1. The predicted octanol–water partition coefficient (Wildman–Crippen LogP) is 7.01. The Morgan fingerprint density at radius 3 is 2.42 bits per heavy atom. The lowest BCUT2D eigenvalue weighted by Gasteiger charge is -2.35. The van der Waals surface area contributed by atoms with Gasteiger partial charge in [-0.05, 0) is 48.6 Å². The molecule has 0 aliphatic carbocycles. The van der Waals surface area contributed by atoms with Gasteiger partial charge in [0.15, 0.2) is 5.16 Å². The first kappa shape index (κ1) is 30.8. The van der Waals surface area contributed by atoms with Crippen molar-refractivity contribution >= 4 is 41.2 Å². The standard InChI is InChI=1S/C35H38ClN5OS/c1-27(17-18-29-12-6-3-7-13-29)37-34(42)31-16-8-14-30(24-31)26-43-35-38-32(36)25-33(39-35)41-22-20-40(21-23-41)19-9-15-28-10-4-2-5-11-28/h2-16,24-25,27H,17-23,26H2,1H3,(H,37,42). The molecule has 222 valence electrons. The molecule has 6 nitrogen and oxygen atoms in total. The third-order valence-electron chi connectivity index (χ3n) is 7.47. The maximum atomic E-state index is 12.9. The van der Waals surface area contributed by atoms with Gasteiger partial charge in [0.1, 0.15) is 11.0 Å². The number of anilines is 1. The zero-order valence-electron chi connectivity index (χ0n) is 24.5. The Bertz CT molecular complexity index is 1490. The molecule has 1 atom stereocenters. The van der Waals surface area contributed by atoms with Crippen LogP contribution >= 0.6 is 23.4 Å². The van der Waals surface area contributed by atoms with E-state index in [9.17, 15) is 4.79 Å². The number of nitrogens with one attached hydrogen (secondary N) is 1. The Kier molecular flexibility index (Phi) is 11.3. The molecule has 1 aliphatic heterocycles. The Morgan fingerprint density at radius 2 is 1.65 bits per heavy atom. The lowest BCUT2D eigenvalue weighted by molar-refractivity contribution is 0.0938. The number of rotatable bonds is 12. The van der Waals surface area contributed by atoms with Crippen LogP contribution in [0.1, 0.15) is 40.4 Å². The van der Waals surface area contributed by atoms with Gasteiger partial charge in [-0.3, -0.25) is 9.69 Å². The number of piperazine rings is 1. The highest BCUT2D eigenvalue weighted by Gasteiger charge is 2.19. The molecule has 1 amide bonds. The smallest absolute Gasteiger partial charge is 0.251 e. The normalized spacial score (nSPS) is 14.6. The number of nitrogens with zero attached hydrogens (tertiary/aromatic N) is 4. The van der Waals surface area contributed by atoms with Crippen LogP contribution in [0.5, 0.6) is 0 Å². The second-order valence-corrected chi connectivity index (χ2v) is 12.1. The van der Waals surface area contributed by atoms with E-state index in [-0.39, 0.29) is 11.9 Å². The summed E-state index contributed by atoms with van der Waals surface area (Å²) in [6.07, 6.45) is 6.23. The van der Waals surface area contributed by atoms with Crippen LogP contribution in [0.2, 0.25) is 5.15 Å². The van der Waals surface area contributed by atoms with Crippen LogP contribution in [-0.4, -0.2) is 59.5 Å². The van der Waals surface area contributed by atoms with Crippen molar-refractivity contribution in [3.8, 4) is 0 Å². The Hall–Kier alpha value is -3.65. The van der Waals surface area contributed by atoms with Gasteiger partial charge in [-0.25, -0.2) is 9.97 Å². The van der Waals surface area contributed by atoms with Crippen molar-refractivity contribution in [1.82, 2.24) is 20.2 Å². The van der Waals surface area contributed by atoms with Gasteiger partial charge in [0.25, 0.3) is 5.91 Å². The number of hydrogen-bond acceptors (Lipinski definition) is 6. The lowest BCUT2D eigenvalue weighted by atomic mass is 10.1. The second-order valence-electron chi connectivity index (χ2n) is 10.8. The summed E-state index contributed by atoms with van der Waals surface area (Å²) in [5, 5.41) is 4.22. The molecule has 0 spiro atoms. The molecule has 2 heterocycles. The van der Waals surface area contributed by atoms with Crippen molar-refractivity contribution in [2.24, 2.45) is 0 Å². The van der Waals surface area contributed by atoms with Gasteiger partial charge >= 0.3 is 0 Å². The van der Waals surface area contributed by atoms with Gasteiger partial charge in [-0.15, -0.1) is 0 Å². The number of thioether (sulfide) groups is 1. The van der Waals surface area contributed by atoms with Gasteiger partial charge in [0.2, 0.25) is 0 Å². The van der Waals surface area contributed by atoms with Gasteiger partial charge in [0.05, 0.1) is 0 Å². The largest absolute Gasteiger partial charge is 0.354 e. The molecule has 1 N–H and O–H groups in total. The maximum absolute atomic E-state index is 12.9. The first-order chi connectivity index (χ1) is 21.0. The van der Waals surface area contributed by atoms with Crippen molar-refractivity contribution < 1.29 is 4.79 Å². The van der Waals surface area contributed by atoms with Crippen LogP contribution in [0.15, 0.2) is 102 Å². The molecule has 8 heteroatoms. The number of halogens is 1. The molecule has 4 aromatic rings. The molecule has 1 fully saturated rings. The molecule has 0 radical (unpaired) electrons. The van der Waals surface area contributed by atoms with Crippen molar-refractivity contribution in [3.63, 3.8) is 0 Å². The van der Waals surface area contributed by atoms with Crippen LogP contribution in [0.25, 0.3) is 6.08 Å². The van der Waals surface area contributed by atoms with Gasteiger partial charge in [-0.1, -0.05) is 108 Å². The van der Waals surface area contributed by atoms with Crippen LogP contribution in [0, 0.1) is 0 Å². The molecule has 5 rings (SSSR count). The molecular formula is C35H38ClN5OS. The number of aromatic nitrogens is 2. The van der Waals surface area contributed by atoms with Crippen LogP contribution < -0.4 is 10.2 Å². The van der Waals surface area contributed by atoms with Gasteiger partial charge in [-0.2, -0.15) is 0 Å². The molecule has 1 aliphatic rings. The summed E-state index contributed by atoms with van der Waals surface area (Å²) in [5.41, 5.74) is 4.20. The lowest BCUT2D eigenvalue weighted by Crippen LogP contribution is -2.46. The zero-order valence-corrected chi connectivity index (χ0v) is 26.1. The zero-order chi connectivity index (χ0) is 29.9. The first-order valence-electron chi connectivity index (χ1n) is 14.8. The van der Waals surface area contributed by atoms with E-state index in [4.69, 9.17) is 16.6 Å². The fourth-order valence-corrected chi connectivity index (χ4v) is 6.05. The summed E-state index contributed by atoms with van der Waals surface area (Å²) < 4.78 is 0. The number of aryl methyl sites for hydroxylation is 1. The average molecular weight is 612 g/mol. The molecule has 43 heavy (non-hydrogen) atoms.